The van der Waals surface area contributed by atoms with Crippen LogP contribution in [0.3, 0.4) is 0 Å². The van der Waals surface area contributed by atoms with Gasteiger partial charge in [-0.05, 0) is 32.0 Å². The molecular weight excluding hydrogens is 298 g/mol. The molecule has 1 atom stereocenters. The highest BCUT2D eigenvalue weighted by atomic mass is 79.9. The minimum Gasteiger partial charge on any atom is -0.375 e. The number of rotatable bonds is 3. The van der Waals surface area contributed by atoms with Crippen molar-refractivity contribution in [3.05, 3.63) is 28.2 Å². The van der Waals surface area contributed by atoms with Crippen LogP contribution in [0.5, 0.6) is 0 Å². The van der Waals surface area contributed by atoms with E-state index in [1.165, 1.54) is 11.8 Å². The molecule has 1 aromatic carbocycles. The fraction of sp³-hybridized carbons (Fsp3) is 0.385. The van der Waals surface area contributed by atoms with Gasteiger partial charge in [0.1, 0.15) is 5.78 Å². The lowest BCUT2D eigenvalue weighted by Gasteiger charge is -2.21. The molecule has 1 aliphatic heterocycles. The number of hydrogen-bond donors (Lipinski definition) is 1. The molecule has 5 heteroatoms. The number of ketones is 1. The lowest BCUT2D eigenvalue weighted by molar-refractivity contribution is -0.141. The van der Waals surface area contributed by atoms with Crippen LogP contribution in [0.4, 0.5) is 5.69 Å². The smallest absolute Gasteiger partial charge is 0.264 e. The van der Waals surface area contributed by atoms with E-state index in [0.29, 0.717) is 17.8 Å². The monoisotopic (exact) mass is 311 g/mol. The Labute approximate surface area is 114 Å². The molecule has 2 rings (SSSR count). The minimum absolute atomic E-state index is 0.189. The second kappa shape index (κ2) is 4.48. The van der Waals surface area contributed by atoms with E-state index in [2.05, 4.69) is 15.9 Å². The molecular formula is C13H14BrNO3. The largest absolute Gasteiger partial charge is 0.375 e. The molecule has 0 aromatic heterocycles. The van der Waals surface area contributed by atoms with E-state index in [9.17, 15) is 14.7 Å². The molecule has 18 heavy (non-hydrogen) atoms. The van der Waals surface area contributed by atoms with Gasteiger partial charge in [0.2, 0.25) is 0 Å². The molecule has 0 bridgehead atoms. The number of Topliss-reactive ketones (excluding diaryl/α,β-unsaturated/α-hetero) is 1. The Hall–Kier alpha value is -1.20. The van der Waals surface area contributed by atoms with E-state index >= 15 is 0 Å². The topological polar surface area (TPSA) is 57.6 Å². The van der Waals surface area contributed by atoms with E-state index in [0.717, 1.165) is 4.47 Å². The Morgan fingerprint density at radius 1 is 1.50 bits per heavy atom. The molecule has 0 aliphatic carbocycles. The standard InChI is InChI=1S/C13H14BrNO3/c1-3-15-11-5-4-9(14)6-10(11)13(18,12(15)17)7-8(2)16/h4-6,18H,3,7H2,1-2H3/t13-/m1/s1. The molecule has 0 fully saturated rings. The predicted octanol–water partition coefficient (Wildman–Crippen LogP) is 1.98. The van der Waals surface area contributed by atoms with Crippen LogP contribution in [0.2, 0.25) is 0 Å². The van der Waals surface area contributed by atoms with Crippen LogP contribution < -0.4 is 4.90 Å². The normalized spacial score (nSPS) is 22.2. The SMILES string of the molecule is CCN1C(=O)[C@@](O)(CC(C)=O)c2cc(Br)ccc21. The van der Waals surface area contributed by atoms with Gasteiger partial charge in [-0.3, -0.25) is 9.59 Å². The van der Waals surface area contributed by atoms with Crippen LogP contribution >= 0.6 is 15.9 Å². The first kappa shape index (κ1) is 13.2. The van der Waals surface area contributed by atoms with E-state index in [-0.39, 0.29) is 12.2 Å². The zero-order valence-corrected chi connectivity index (χ0v) is 11.8. The highest BCUT2D eigenvalue weighted by molar-refractivity contribution is 9.10. The summed E-state index contributed by atoms with van der Waals surface area (Å²) in [4.78, 5) is 25.1. The van der Waals surface area contributed by atoms with E-state index in [4.69, 9.17) is 0 Å². The average Bonchev–Trinajstić information content (AvgIpc) is 2.48. The number of anilines is 1. The zero-order chi connectivity index (χ0) is 13.5. The van der Waals surface area contributed by atoms with Crippen molar-refractivity contribution in [1.29, 1.82) is 0 Å². The van der Waals surface area contributed by atoms with Crippen molar-refractivity contribution in [1.82, 2.24) is 0 Å². The fourth-order valence-corrected chi connectivity index (χ4v) is 2.73. The number of fused-ring (bicyclic) bond motifs is 1. The van der Waals surface area contributed by atoms with Crippen molar-refractivity contribution in [3.8, 4) is 0 Å². The second-order valence-corrected chi connectivity index (χ2v) is 5.37. The van der Waals surface area contributed by atoms with Gasteiger partial charge >= 0.3 is 0 Å². The van der Waals surface area contributed by atoms with Gasteiger partial charge in [0, 0.05) is 23.0 Å². The molecule has 1 N–H and O–H groups in total. The van der Waals surface area contributed by atoms with Crippen molar-refractivity contribution in [2.24, 2.45) is 0 Å². The number of carbonyl (C=O) groups is 2. The van der Waals surface area contributed by atoms with Crippen molar-refractivity contribution in [2.75, 3.05) is 11.4 Å². The molecule has 0 radical (unpaired) electrons. The summed E-state index contributed by atoms with van der Waals surface area (Å²) in [7, 11) is 0. The van der Waals surface area contributed by atoms with Gasteiger partial charge in [0.05, 0.1) is 5.69 Å². The Morgan fingerprint density at radius 3 is 2.72 bits per heavy atom. The Kier molecular flexibility index (Phi) is 3.29. The van der Waals surface area contributed by atoms with Gasteiger partial charge in [0.25, 0.3) is 5.91 Å². The molecule has 0 unspecified atom stereocenters. The summed E-state index contributed by atoms with van der Waals surface area (Å²) in [5.41, 5.74) is -0.547. The first-order chi connectivity index (χ1) is 8.40. The summed E-state index contributed by atoms with van der Waals surface area (Å²) in [5, 5.41) is 10.6. The van der Waals surface area contributed by atoms with Crippen molar-refractivity contribution in [3.63, 3.8) is 0 Å². The third-order valence-electron chi connectivity index (χ3n) is 3.11. The highest BCUT2D eigenvalue weighted by Crippen LogP contribution is 2.43. The van der Waals surface area contributed by atoms with Crippen molar-refractivity contribution < 1.29 is 14.7 Å². The first-order valence-electron chi connectivity index (χ1n) is 5.74. The van der Waals surface area contributed by atoms with Crippen LogP contribution in [0.25, 0.3) is 0 Å². The number of carbonyl (C=O) groups excluding carboxylic acids is 2. The number of halogens is 1. The molecule has 1 aliphatic rings. The summed E-state index contributed by atoms with van der Waals surface area (Å²) in [6.45, 7) is 3.68. The second-order valence-electron chi connectivity index (χ2n) is 4.45. The Balaban J connectivity index is 2.60. The van der Waals surface area contributed by atoms with Gasteiger partial charge < -0.3 is 10.0 Å². The predicted molar refractivity (Wildman–Crippen MR) is 71.4 cm³/mol. The molecule has 0 spiro atoms. The maximum absolute atomic E-state index is 12.3. The number of aliphatic hydroxyl groups is 1. The van der Waals surface area contributed by atoms with E-state index in [1.54, 1.807) is 12.1 Å². The Morgan fingerprint density at radius 2 is 2.17 bits per heavy atom. The lowest BCUT2D eigenvalue weighted by atomic mass is 9.90. The summed E-state index contributed by atoms with van der Waals surface area (Å²) in [6.07, 6.45) is -0.189. The van der Waals surface area contributed by atoms with Gasteiger partial charge in [0.15, 0.2) is 5.60 Å². The molecule has 1 amide bonds. The fourth-order valence-electron chi connectivity index (χ4n) is 2.37. The zero-order valence-electron chi connectivity index (χ0n) is 10.2. The van der Waals surface area contributed by atoms with Crippen LogP contribution in [0.1, 0.15) is 25.8 Å². The molecule has 1 aromatic rings. The third kappa shape index (κ3) is 1.87. The van der Waals surface area contributed by atoms with Crippen molar-refractivity contribution in [2.45, 2.75) is 25.9 Å². The molecule has 4 nitrogen and oxygen atoms in total. The van der Waals surface area contributed by atoms with Crippen LogP contribution in [0, 0.1) is 0 Å². The van der Waals surface area contributed by atoms with Crippen LogP contribution in [0.15, 0.2) is 22.7 Å². The van der Waals surface area contributed by atoms with Gasteiger partial charge in [-0.15, -0.1) is 0 Å². The third-order valence-corrected chi connectivity index (χ3v) is 3.61. The number of benzene rings is 1. The Bertz CT molecular complexity index is 529. The number of likely N-dealkylation sites (N-methyl/N-ethyl adjacent to an activating group) is 1. The maximum atomic E-state index is 12.3. The molecule has 0 saturated heterocycles. The summed E-state index contributed by atoms with van der Waals surface area (Å²) >= 11 is 3.32. The number of nitrogens with zero attached hydrogens (tertiary/aromatic N) is 1. The molecule has 0 saturated carbocycles. The minimum atomic E-state index is -1.72. The quantitative estimate of drug-likeness (QED) is 0.928. The lowest BCUT2D eigenvalue weighted by Crippen LogP contribution is -2.41. The summed E-state index contributed by atoms with van der Waals surface area (Å²) in [6, 6.07) is 5.29. The van der Waals surface area contributed by atoms with Crippen LogP contribution in [-0.4, -0.2) is 23.3 Å². The highest BCUT2D eigenvalue weighted by Gasteiger charge is 2.49. The van der Waals surface area contributed by atoms with E-state index < -0.39 is 11.5 Å². The van der Waals surface area contributed by atoms with Crippen LogP contribution in [-0.2, 0) is 15.2 Å². The number of amides is 1. The van der Waals surface area contributed by atoms with Gasteiger partial charge in [-0.25, -0.2) is 0 Å². The summed E-state index contributed by atoms with van der Waals surface area (Å²) in [5.74, 6) is -0.636. The summed E-state index contributed by atoms with van der Waals surface area (Å²) < 4.78 is 0.772. The van der Waals surface area contributed by atoms with Gasteiger partial charge in [-0.1, -0.05) is 15.9 Å². The molecule has 96 valence electrons. The van der Waals surface area contributed by atoms with Gasteiger partial charge in [-0.2, -0.15) is 0 Å². The average molecular weight is 312 g/mol. The first-order valence-corrected chi connectivity index (χ1v) is 6.53. The molecule has 1 heterocycles. The maximum Gasteiger partial charge on any atom is 0.264 e. The van der Waals surface area contributed by atoms with Crippen molar-refractivity contribution >= 4 is 33.3 Å². The number of hydrogen-bond acceptors (Lipinski definition) is 3. The van der Waals surface area contributed by atoms with E-state index in [1.807, 2.05) is 13.0 Å².